The summed E-state index contributed by atoms with van der Waals surface area (Å²) in [5, 5.41) is 13.6. The molecule has 1 aliphatic heterocycles. The number of anilines is 1. The molecule has 2 amide bonds. The van der Waals surface area contributed by atoms with Crippen molar-refractivity contribution in [3.05, 3.63) is 11.8 Å². The molecule has 18 heavy (non-hydrogen) atoms. The first-order valence-electron chi connectivity index (χ1n) is 5.36. The molecule has 0 aromatic carbocycles. The normalized spacial score (nSPS) is 21.0. The molecule has 100 valence electrons. The van der Waals surface area contributed by atoms with Crippen molar-refractivity contribution in [2.24, 2.45) is 7.05 Å². The predicted octanol–water partition coefficient (Wildman–Crippen LogP) is 0.722. The van der Waals surface area contributed by atoms with Gasteiger partial charge in [0.05, 0.1) is 6.54 Å². The average Bonchev–Trinajstić information content (AvgIpc) is 2.69. The zero-order valence-corrected chi connectivity index (χ0v) is 10.3. The molecule has 0 saturated carbocycles. The van der Waals surface area contributed by atoms with Crippen molar-refractivity contribution >= 4 is 11.8 Å². The lowest BCUT2D eigenvalue weighted by Crippen LogP contribution is -2.34. The molecule has 0 spiro atoms. The van der Waals surface area contributed by atoms with Gasteiger partial charge in [0.15, 0.2) is 12.0 Å². The van der Waals surface area contributed by atoms with Gasteiger partial charge in [-0.25, -0.2) is 9.69 Å². The molecule has 1 aromatic heterocycles. The van der Waals surface area contributed by atoms with Gasteiger partial charge >= 0.3 is 6.03 Å². The highest BCUT2D eigenvalue weighted by Crippen LogP contribution is 2.31. The van der Waals surface area contributed by atoms with E-state index >= 15 is 0 Å². The molecular formula is C10H14F2N4O2. The molecule has 1 fully saturated rings. The molecule has 1 aromatic rings. The van der Waals surface area contributed by atoms with Gasteiger partial charge in [-0.15, -0.1) is 0 Å². The van der Waals surface area contributed by atoms with Gasteiger partial charge in [0, 0.05) is 27.1 Å². The Bertz CT molecular complexity index is 483. The Morgan fingerprint density at radius 2 is 2.11 bits per heavy atom. The van der Waals surface area contributed by atoms with Crippen LogP contribution in [-0.2, 0) is 13.0 Å². The number of aromatic nitrogens is 2. The number of β-amino-alcohol motifs (C(OH)–C–C–N with tert-alkyl or cyclic N) is 1. The van der Waals surface area contributed by atoms with Crippen molar-refractivity contribution in [3.63, 3.8) is 0 Å². The van der Waals surface area contributed by atoms with Crippen molar-refractivity contribution < 1.29 is 18.7 Å². The predicted molar refractivity (Wildman–Crippen MR) is 59.3 cm³/mol. The Labute approximate surface area is 102 Å². The summed E-state index contributed by atoms with van der Waals surface area (Å²) < 4.78 is 27.5. The highest BCUT2D eigenvalue weighted by molar-refractivity contribution is 5.93. The van der Waals surface area contributed by atoms with E-state index in [1.807, 2.05) is 0 Å². The van der Waals surface area contributed by atoms with Crippen molar-refractivity contribution in [2.75, 3.05) is 18.5 Å². The van der Waals surface area contributed by atoms with Crippen LogP contribution in [0, 0.1) is 0 Å². The van der Waals surface area contributed by atoms with Crippen LogP contribution in [0.1, 0.15) is 12.6 Å². The number of carbonyl (C=O) groups excluding carboxylic acids is 1. The van der Waals surface area contributed by atoms with E-state index in [2.05, 4.69) is 5.10 Å². The average molecular weight is 260 g/mol. The topological polar surface area (TPSA) is 61.6 Å². The third kappa shape index (κ3) is 1.92. The zero-order chi connectivity index (χ0) is 13.7. The lowest BCUT2D eigenvalue weighted by Gasteiger charge is -2.15. The van der Waals surface area contributed by atoms with Crippen LogP contribution in [-0.4, -0.2) is 45.6 Å². The third-order valence-corrected chi connectivity index (χ3v) is 2.83. The fourth-order valence-electron chi connectivity index (χ4n) is 1.95. The van der Waals surface area contributed by atoms with Crippen LogP contribution in [0.3, 0.4) is 0 Å². The van der Waals surface area contributed by atoms with E-state index in [1.54, 1.807) is 0 Å². The van der Waals surface area contributed by atoms with Crippen LogP contribution in [0.15, 0.2) is 6.07 Å². The van der Waals surface area contributed by atoms with Crippen LogP contribution in [0.25, 0.3) is 0 Å². The summed E-state index contributed by atoms with van der Waals surface area (Å²) in [6.45, 7) is 0.870. The number of aliphatic hydroxyl groups excluding tert-OH is 1. The number of carbonyl (C=O) groups is 1. The lowest BCUT2D eigenvalue weighted by molar-refractivity contribution is 0.00882. The summed E-state index contributed by atoms with van der Waals surface area (Å²) in [6.07, 6.45) is -1.07. The molecule has 1 saturated heterocycles. The van der Waals surface area contributed by atoms with E-state index in [4.69, 9.17) is 0 Å². The second-order valence-electron chi connectivity index (χ2n) is 4.41. The minimum absolute atomic E-state index is 0.0240. The highest BCUT2D eigenvalue weighted by atomic mass is 19.3. The minimum Gasteiger partial charge on any atom is -0.371 e. The number of hydrogen-bond donors (Lipinski definition) is 1. The third-order valence-electron chi connectivity index (χ3n) is 2.83. The largest absolute Gasteiger partial charge is 0.371 e. The monoisotopic (exact) mass is 260 g/mol. The summed E-state index contributed by atoms with van der Waals surface area (Å²) >= 11 is 0. The van der Waals surface area contributed by atoms with Gasteiger partial charge in [-0.3, -0.25) is 4.68 Å². The van der Waals surface area contributed by atoms with Crippen molar-refractivity contribution in [2.45, 2.75) is 19.1 Å². The quantitative estimate of drug-likeness (QED) is 0.852. The van der Waals surface area contributed by atoms with Gasteiger partial charge in [-0.05, 0) is 0 Å². The summed E-state index contributed by atoms with van der Waals surface area (Å²) in [5.41, 5.74) is -0.313. The number of urea groups is 1. The van der Waals surface area contributed by atoms with Crippen molar-refractivity contribution in [3.8, 4) is 0 Å². The first-order valence-corrected chi connectivity index (χ1v) is 5.36. The second-order valence-corrected chi connectivity index (χ2v) is 4.41. The Morgan fingerprint density at radius 3 is 2.50 bits per heavy atom. The summed E-state index contributed by atoms with van der Waals surface area (Å²) in [5.74, 6) is -3.03. The molecule has 2 heterocycles. The molecule has 0 bridgehead atoms. The van der Waals surface area contributed by atoms with Gasteiger partial charge < -0.3 is 10.0 Å². The second kappa shape index (κ2) is 3.91. The standard InChI is InChI=1S/C10H14F2N4O2/c1-10(11,12)6-4-7(13-15(6)3)16-8(17)5-14(2)9(16)18/h4,8,17H,5H2,1-3H3. The van der Waals surface area contributed by atoms with Gasteiger partial charge in [0.25, 0.3) is 5.92 Å². The van der Waals surface area contributed by atoms with Gasteiger partial charge in [-0.2, -0.15) is 13.9 Å². The van der Waals surface area contributed by atoms with E-state index in [0.717, 1.165) is 22.6 Å². The van der Waals surface area contributed by atoms with E-state index in [0.29, 0.717) is 0 Å². The van der Waals surface area contributed by atoms with Gasteiger partial charge in [-0.1, -0.05) is 0 Å². The Morgan fingerprint density at radius 1 is 1.50 bits per heavy atom. The number of likely N-dealkylation sites (N-methyl/N-ethyl adjacent to an activating group) is 1. The fourth-order valence-corrected chi connectivity index (χ4v) is 1.95. The van der Waals surface area contributed by atoms with Crippen LogP contribution in [0.4, 0.5) is 19.4 Å². The number of alkyl halides is 2. The van der Waals surface area contributed by atoms with E-state index in [1.165, 1.54) is 19.0 Å². The Balaban J connectivity index is 2.39. The van der Waals surface area contributed by atoms with Gasteiger partial charge in [0.2, 0.25) is 0 Å². The summed E-state index contributed by atoms with van der Waals surface area (Å²) in [4.78, 5) is 14.0. The molecule has 2 rings (SSSR count). The van der Waals surface area contributed by atoms with Crippen LogP contribution >= 0.6 is 0 Å². The number of aryl methyl sites for hydroxylation is 1. The molecule has 0 radical (unpaired) electrons. The lowest BCUT2D eigenvalue weighted by atomic mass is 10.2. The van der Waals surface area contributed by atoms with E-state index in [-0.39, 0.29) is 18.1 Å². The smallest absolute Gasteiger partial charge is 0.327 e. The summed E-state index contributed by atoms with van der Waals surface area (Å²) in [7, 11) is 2.89. The first kappa shape index (κ1) is 12.7. The maximum Gasteiger partial charge on any atom is 0.327 e. The van der Waals surface area contributed by atoms with Crippen LogP contribution < -0.4 is 4.90 Å². The molecule has 1 aliphatic rings. The molecule has 8 heteroatoms. The highest BCUT2D eigenvalue weighted by Gasteiger charge is 2.38. The van der Waals surface area contributed by atoms with Gasteiger partial charge in [0.1, 0.15) is 5.69 Å². The number of aliphatic hydroxyl groups is 1. The number of halogens is 2. The van der Waals surface area contributed by atoms with E-state index < -0.39 is 18.2 Å². The molecule has 1 unspecified atom stereocenters. The fraction of sp³-hybridized carbons (Fsp3) is 0.600. The number of amides is 2. The van der Waals surface area contributed by atoms with Crippen LogP contribution in [0.5, 0.6) is 0 Å². The van der Waals surface area contributed by atoms with E-state index in [9.17, 15) is 18.7 Å². The van der Waals surface area contributed by atoms with Crippen molar-refractivity contribution in [1.29, 1.82) is 0 Å². The SMILES string of the molecule is CN1CC(O)N(c2cc(C(C)(F)F)n(C)n2)C1=O. The van der Waals surface area contributed by atoms with Crippen molar-refractivity contribution in [1.82, 2.24) is 14.7 Å². The molecule has 6 nitrogen and oxygen atoms in total. The number of nitrogens with zero attached hydrogens (tertiary/aromatic N) is 4. The maximum atomic E-state index is 13.2. The minimum atomic E-state index is -3.06. The molecule has 1 atom stereocenters. The molecule has 0 aliphatic carbocycles. The molecular weight excluding hydrogens is 246 g/mol. The Hall–Kier alpha value is -1.70. The maximum absolute atomic E-state index is 13.2. The number of hydrogen-bond acceptors (Lipinski definition) is 3. The first-order chi connectivity index (χ1) is 8.21. The zero-order valence-electron chi connectivity index (χ0n) is 10.3. The van der Waals surface area contributed by atoms with Crippen LogP contribution in [0.2, 0.25) is 0 Å². The number of rotatable bonds is 2. The molecule has 1 N–H and O–H groups in total. The summed E-state index contributed by atoms with van der Waals surface area (Å²) in [6, 6.07) is 0.645. The Kier molecular flexibility index (Phi) is 2.77.